The zero-order chi connectivity index (χ0) is 26.8. The second kappa shape index (κ2) is 12.0. The molecule has 0 radical (unpaired) electrons. The Morgan fingerprint density at radius 3 is 2.24 bits per heavy atom. The van der Waals surface area contributed by atoms with Crippen molar-refractivity contribution in [3.05, 3.63) is 62.1 Å². The van der Waals surface area contributed by atoms with Gasteiger partial charge in [0.2, 0.25) is 15.9 Å². The normalized spacial score (nSPS) is 20.7. The van der Waals surface area contributed by atoms with Gasteiger partial charge >= 0.3 is 0 Å². The fourth-order valence-electron chi connectivity index (χ4n) is 4.86. The Hall–Kier alpha value is -1.10. The smallest absolute Gasteiger partial charge is 0.248 e. The molecule has 202 valence electrons. The van der Waals surface area contributed by atoms with Crippen LogP contribution >= 0.6 is 46.4 Å². The average molecular weight is 610 g/mol. The van der Waals surface area contributed by atoms with Crippen LogP contribution in [0.3, 0.4) is 0 Å². The summed E-state index contributed by atoms with van der Waals surface area (Å²) in [7, 11) is -3.92. The summed E-state index contributed by atoms with van der Waals surface area (Å²) < 4.78 is 33.5. The zero-order valence-electron chi connectivity index (χ0n) is 20.0. The molecule has 0 saturated carbocycles. The lowest BCUT2D eigenvalue weighted by molar-refractivity contribution is -0.141. The summed E-state index contributed by atoms with van der Waals surface area (Å²) >= 11 is 24.2. The number of carbonyl (C=O) groups excluding carboxylic acids is 1. The topological polar surface area (TPSA) is 87.2 Å². The van der Waals surface area contributed by atoms with Gasteiger partial charge in [-0.3, -0.25) is 4.79 Å². The molecule has 1 unspecified atom stereocenters. The van der Waals surface area contributed by atoms with Crippen LogP contribution in [0, 0.1) is 5.92 Å². The minimum atomic E-state index is -3.92. The van der Waals surface area contributed by atoms with Gasteiger partial charge in [-0.05, 0) is 61.4 Å². The quantitative estimate of drug-likeness (QED) is 0.465. The van der Waals surface area contributed by atoms with E-state index in [4.69, 9.17) is 51.1 Å². The van der Waals surface area contributed by atoms with E-state index >= 15 is 0 Å². The van der Waals surface area contributed by atoms with Crippen molar-refractivity contribution in [2.24, 2.45) is 5.92 Å². The lowest BCUT2D eigenvalue weighted by Crippen LogP contribution is -2.46. The standard InChI is InChI=1S/C25H28Cl4N2O5S/c26-19-5-3-18(4-6-19)25(33)7-10-30(11-8-25)23(32)16-36-15-17-2-1-9-31(14-17)37(34,35)24-21(28)12-20(27)13-22(24)29/h3-6,12-13,17,33H,1-2,7-11,14-16H2. The molecule has 1 atom stereocenters. The van der Waals surface area contributed by atoms with Crippen molar-refractivity contribution >= 4 is 62.3 Å². The van der Waals surface area contributed by atoms with Gasteiger partial charge in [0, 0.05) is 36.2 Å². The molecule has 12 heteroatoms. The molecule has 2 aliphatic rings. The minimum Gasteiger partial charge on any atom is -0.385 e. The summed E-state index contributed by atoms with van der Waals surface area (Å²) in [6, 6.07) is 9.83. The van der Waals surface area contributed by atoms with Crippen LogP contribution in [0.2, 0.25) is 20.1 Å². The van der Waals surface area contributed by atoms with E-state index in [1.165, 1.54) is 16.4 Å². The molecular formula is C25H28Cl4N2O5S. The first-order chi connectivity index (χ1) is 17.5. The third-order valence-corrected chi connectivity index (χ3v) is 10.2. The van der Waals surface area contributed by atoms with E-state index in [0.29, 0.717) is 43.9 Å². The Morgan fingerprint density at radius 1 is 1.00 bits per heavy atom. The van der Waals surface area contributed by atoms with Gasteiger partial charge < -0.3 is 14.7 Å². The van der Waals surface area contributed by atoms with Gasteiger partial charge in [-0.1, -0.05) is 58.5 Å². The highest BCUT2D eigenvalue weighted by Gasteiger charge is 2.36. The van der Waals surface area contributed by atoms with Gasteiger partial charge in [0.25, 0.3) is 0 Å². The fraction of sp³-hybridized carbons (Fsp3) is 0.480. The number of ether oxygens (including phenoxy) is 1. The van der Waals surface area contributed by atoms with E-state index in [9.17, 15) is 18.3 Å². The molecule has 0 bridgehead atoms. The van der Waals surface area contributed by atoms with Crippen LogP contribution in [0.15, 0.2) is 41.3 Å². The molecule has 4 rings (SSSR count). The predicted octanol–water partition coefficient (Wildman–Crippen LogP) is 5.23. The number of halogens is 4. The first kappa shape index (κ1) is 28.9. The van der Waals surface area contributed by atoms with E-state index in [1.54, 1.807) is 17.0 Å². The van der Waals surface area contributed by atoms with Gasteiger partial charge in [0.1, 0.15) is 11.5 Å². The van der Waals surface area contributed by atoms with Crippen molar-refractivity contribution in [1.29, 1.82) is 0 Å². The van der Waals surface area contributed by atoms with Crippen LogP contribution in [0.25, 0.3) is 0 Å². The number of aliphatic hydroxyl groups is 1. The van der Waals surface area contributed by atoms with E-state index < -0.39 is 15.6 Å². The van der Waals surface area contributed by atoms with E-state index in [0.717, 1.165) is 12.0 Å². The number of benzene rings is 2. The summed E-state index contributed by atoms with van der Waals surface area (Å²) in [5.74, 6) is -0.226. The highest BCUT2D eigenvalue weighted by Crippen LogP contribution is 2.36. The third kappa shape index (κ3) is 6.73. The van der Waals surface area contributed by atoms with Crippen LogP contribution in [-0.2, 0) is 25.2 Å². The molecule has 1 amide bonds. The van der Waals surface area contributed by atoms with E-state index in [-0.39, 0.29) is 51.5 Å². The predicted molar refractivity (Wildman–Crippen MR) is 145 cm³/mol. The summed E-state index contributed by atoms with van der Waals surface area (Å²) in [5, 5.41) is 11.8. The summed E-state index contributed by atoms with van der Waals surface area (Å²) in [5.41, 5.74) is -0.201. The zero-order valence-corrected chi connectivity index (χ0v) is 23.8. The fourth-order valence-corrected chi connectivity index (χ4v) is 8.04. The Labute approximate surface area is 237 Å². The number of piperidine rings is 2. The Kier molecular flexibility index (Phi) is 9.34. The van der Waals surface area contributed by atoms with Crippen molar-refractivity contribution in [2.45, 2.75) is 36.2 Å². The molecule has 2 aliphatic heterocycles. The molecule has 2 saturated heterocycles. The minimum absolute atomic E-state index is 0.0223. The van der Waals surface area contributed by atoms with Crippen LogP contribution in [0.1, 0.15) is 31.2 Å². The van der Waals surface area contributed by atoms with Gasteiger partial charge in [0.05, 0.1) is 22.3 Å². The number of nitrogens with zero attached hydrogens (tertiary/aromatic N) is 2. The van der Waals surface area contributed by atoms with Gasteiger partial charge in [0.15, 0.2) is 0 Å². The van der Waals surface area contributed by atoms with Crippen molar-refractivity contribution in [2.75, 3.05) is 39.4 Å². The lowest BCUT2D eigenvalue weighted by Gasteiger charge is -2.38. The average Bonchev–Trinajstić information content (AvgIpc) is 2.84. The Bertz CT molecular complexity index is 1210. The van der Waals surface area contributed by atoms with Gasteiger partial charge in [-0.25, -0.2) is 8.42 Å². The molecule has 1 N–H and O–H groups in total. The van der Waals surface area contributed by atoms with Gasteiger partial charge in [-0.2, -0.15) is 4.31 Å². The first-order valence-electron chi connectivity index (χ1n) is 12.0. The number of rotatable bonds is 7. The second-order valence-electron chi connectivity index (χ2n) is 9.50. The molecule has 2 aromatic carbocycles. The lowest BCUT2D eigenvalue weighted by atomic mass is 9.84. The Morgan fingerprint density at radius 2 is 1.62 bits per heavy atom. The second-order valence-corrected chi connectivity index (χ2v) is 13.1. The number of hydrogen-bond acceptors (Lipinski definition) is 5. The molecule has 0 aromatic heterocycles. The van der Waals surface area contributed by atoms with Crippen LogP contribution in [0.4, 0.5) is 0 Å². The molecule has 37 heavy (non-hydrogen) atoms. The maximum absolute atomic E-state index is 13.2. The first-order valence-corrected chi connectivity index (χ1v) is 14.9. The third-order valence-electron chi connectivity index (χ3n) is 6.95. The van der Waals surface area contributed by atoms with E-state index in [2.05, 4.69) is 0 Å². The Balaban J connectivity index is 1.27. The molecule has 0 aliphatic carbocycles. The van der Waals surface area contributed by atoms with Crippen molar-refractivity contribution in [1.82, 2.24) is 9.21 Å². The highest BCUT2D eigenvalue weighted by molar-refractivity contribution is 7.89. The number of amides is 1. The molecule has 0 spiro atoms. The highest BCUT2D eigenvalue weighted by atomic mass is 35.5. The van der Waals surface area contributed by atoms with Crippen molar-refractivity contribution in [3.63, 3.8) is 0 Å². The molecule has 2 fully saturated rings. The largest absolute Gasteiger partial charge is 0.385 e. The van der Waals surface area contributed by atoms with Crippen LogP contribution in [-0.4, -0.2) is 68.0 Å². The maximum Gasteiger partial charge on any atom is 0.248 e. The molecule has 2 heterocycles. The molecule has 2 aromatic rings. The SMILES string of the molecule is O=C(COCC1CCCN(S(=O)(=O)c2c(Cl)cc(Cl)cc2Cl)C1)N1CCC(O)(c2ccc(Cl)cc2)CC1. The number of hydrogen-bond donors (Lipinski definition) is 1. The molecule has 7 nitrogen and oxygen atoms in total. The molecular weight excluding hydrogens is 582 g/mol. The maximum atomic E-state index is 13.2. The van der Waals surface area contributed by atoms with Gasteiger partial charge in [-0.15, -0.1) is 0 Å². The number of sulfonamides is 1. The number of carbonyl (C=O) groups is 1. The summed E-state index contributed by atoms with van der Waals surface area (Å²) in [6.07, 6.45) is 2.27. The summed E-state index contributed by atoms with van der Waals surface area (Å²) in [6.45, 7) is 1.57. The van der Waals surface area contributed by atoms with Crippen molar-refractivity contribution in [3.8, 4) is 0 Å². The van der Waals surface area contributed by atoms with Crippen LogP contribution < -0.4 is 0 Å². The van der Waals surface area contributed by atoms with Crippen molar-refractivity contribution < 1.29 is 23.1 Å². The van der Waals surface area contributed by atoms with E-state index in [1.807, 2.05) is 12.1 Å². The summed E-state index contributed by atoms with van der Waals surface area (Å²) in [4.78, 5) is 14.2. The number of likely N-dealkylation sites (tertiary alicyclic amines) is 1. The van der Waals surface area contributed by atoms with Crippen LogP contribution in [0.5, 0.6) is 0 Å². The monoisotopic (exact) mass is 608 g/mol.